The summed E-state index contributed by atoms with van der Waals surface area (Å²) in [5.74, 6) is -0.703. The lowest BCUT2D eigenvalue weighted by Crippen LogP contribution is -2.33. The van der Waals surface area contributed by atoms with Gasteiger partial charge in [-0.25, -0.2) is 0 Å². The summed E-state index contributed by atoms with van der Waals surface area (Å²) in [7, 11) is 0. The second-order valence-corrected chi connectivity index (χ2v) is 6.98. The largest absolute Gasteiger partial charge is 0.346 e. The molecular weight excluding hydrogens is 328 g/mol. The van der Waals surface area contributed by atoms with Crippen LogP contribution in [0.3, 0.4) is 0 Å². The average Bonchev–Trinajstić information content (AvgIpc) is 2.86. The minimum Gasteiger partial charge on any atom is -0.346 e. The van der Waals surface area contributed by atoms with Gasteiger partial charge in [-0.05, 0) is 36.6 Å². The van der Waals surface area contributed by atoms with Crippen molar-refractivity contribution in [1.82, 2.24) is 10.2 Å². The number of amides is 3. The number of rotatable bonds is 5. The van der Waals surface area contributed by atoms with Crippen molar-refractivity contribution in [3.05, 3.63) is 70.8 Å². The molecule has 0 spiro atoms. The monoisotopic (exact) mass is 350 g/mol. The van der Waals surface area contributed by atoms with Crippen LogP contribution >= 0.6 is 0 Å². The lowest BCUT2D eigenvalue weighted by atomic mass is 10.0. The van der Waals surface area contributed by atoms with Gasteiger partial charge in [0.25, 0.3) is 17.7 Å². The van der Waals surface area contributed by atoms with E-state index in [1.165, 1.54) is 11.0 Å². The lowest BCUT2D eigenvalue weighted by Gasteiger charge is -2.15. The predicted octanol–water partition coefficient (Wildman–Crippen LogP) is 3.43. The fraction of sp³-hybridized carbons (Fsp3) is 0.286. The van der Waals surface area contributed by atoms with Crippen LogP contribution in [0.4, 0.5) is 0 Å². The predicted molar refractivity (Wildman–Crippen MR) is 99.0 cm³/mol. The Hall–Kier alpha value is -2.95. The van der Waals surface area contributed by atoms with Gasteiger partial charge in [0.1, 0.15) is 0 Å². The highest BCUT2D eigenvalue weighted by molar-refractivity contribution is 6.22. The van der Waals surface area contributed by atoms with Crippen LogP contribution in [0.5, 0.6) is 0 Å². The van der Waals surface area contributed by atoms with Gasteiger partial charge in [0.05, 0.1) is 17.2 Å². The van der Waals surface area contributed by atoms with Gasteiger partial charge in [-0.2, -0.15) is 0 Å². The second kappa shape index (κ2) is 7.12. The molecule has 0 saturated carbocycles. The lowest BCUT2D eigenvalue weighted by molar-refractivity contribution is 0.0636. The molecule has 1 aliphatic rings. The molecule has 1 aliphatic heterocycles. The van der Waals surface area contributed by atoms with Gasteiger partial charge in [-0.3, -0.25) is 19.3 Å². The SMILES string of the molecule is CC(C)CN1C(=O)c2ccc(C(=O)N[C@H](C)c3ccccc3)cc2C1=O. The Kier molecular flexibility index (Phi) is 4.89. The number of benzene rings is 2. The van der Waals surface area contributed by atoms with Gasteiger partial charge in [0.15, 0.2) is 0 Å². The number of carbonyl (C=O) groups excluding carboxylic acids is 3. The molecule has 0 bridgehead atoms. The van der Waals surface area contributed by atoms with E-state index >= 15 is 0 Å². The molecule has 0 radical (unpaired) electrons. The highest BCUT2D eigenvalue weighted by Gasteiger charge is 2.36. The number of fused-ring (bicyclic) bond motifs is 1. The normalized spacial score (nSPS) is 14.5. The summed E-state index contributed by atoms with van der Waals surface area (Å²) in [5.41, 5.74) is 2.04. The van der Waals surface area contributed by atoms with E-state index in [4.69, 9.17) is 0 Å². The Balaban J connectivity index is 1.80. The zero-order valence-corrected chi connectivity index (χ0v) is 15.2. The molecule has 0 saturated heterocycles. The van der Waals surface area contributed by atoms with E-state index in [2.05, 4.69) is 5.32 Å². The standard InChI is InChI=1S/C21H22N2O3/c1-13(2)12-23-20(25)17-10-9-16(11-18(17)21(23)26)19(24)22-14(3)15-7-5-4-6-8-15/h4-11,13-14H,12H2,1-3H3,(H,22,24)/t14-/m1/s1. The van der Waals surface area contributed by atoms with E-state index in [1.54, 1.807) is 12.1 Å². The summed E-state index contributed by atoms with van der Waals surface area (Å²) in [4.78, 5) is 38.7. The van der Waals surface area contributed by atoms with Crippen molar-refractivity contribution in [3.63, 3.8) is 0 Å². The molecule has 1 N–H and O–H groups in total. The molecule has 26 heavy (non-hydrogen) atoms. The molecule has 0 aliphatic carbocycles. The Morgan fingerprint density at radius 3 is 2.27 bits per heavy atom. The van der Waals surface area contributed by atoms with E-state index in [0.29, 0.717) is 23.2 Å². The molecule has 3 rings (SSSR count). The van der Waals surface area contributed by atoms with E-state index in [1.807, 2.05) is 51.1 Å². The highest BCUT2D eigenvalue weighted by atomic mass is 16.2. The van der Waals surface area contributed by atoms with Crippen molar-refractivity contribution in [3.8, 4) is 0 Å². The summed E-state index contributed by atoms with van der Waals surface area (Å²) in [6.07, 6.45) is 0. The Labute approximate surface area is 153 Å². The maximum Gasteiger partial charge on any atom is 0.261 e. The first-order valence-electron chi connectivity index (χ1n) is 8.74. The molecule has 0 fully saturated rings. The molecular formula is C21H22N2O3. The Morgan fingerprint density at radius 1 is 0.962 bits per heavy atom. The maximum absolute atomic E-state index is 12.6. The smallest absolute Gasteiger partial charge is 0.261 e. The first-order valence-corrected chi connectivity index (χ1v) is 8.74. The molecule has 2 aromatic carbocycles. The minimum absolute atomic E-state index is 0.160. The first kappa shape index (κ1) is 17.9. The van der Waals surface area contributed by atoms with Crippen LogP contribution in [0.15, 0.2) is 48.5 Å². The van der Waals surface area contributed by atoms with Crippen LogP contribution in [0.1, 0.15) is 63.5 Å². The van der Waals surface area contributed by atoms with Crippen LogP contribution in [0.25, 0.3) is 0 Å². The summed E-state index contributed by atoms with van der Waals surface area (Å²) in [6.45, 7) is 6.18. The molecule has 2 aromatic rings. The third-order valence-electron chi connectivity index (χ3n) is 4.43. The first-order chi connectivity index (χ1) is 12.4. The third-order valence-corrected chi connectivity index (χ3v) is 4.43. The number of hydrogen-bond acceptors (Lipinski definition) is 3. The number of hydrogen-bond donors (Lipinski definition) is 1. The summed E-state index contributed by atoms with van der Waals surface area (Å²) in [5, 5.41) is 2.92. The quantitative estimate of drug-likeness (QED) is 0.840. The molecule has 0 aromatic heterocycles. The summed E-state index contributed by atoms with van der Waals surface area (Å²) in [6, 6.07) is 14.2. The highest BCUT2D eigenvalue weighted by Crippen LogP contribution is 2.25. The number of carbonyl (C=O) groups is 3. The number of imide groups is 1. The van der Waals surface area contributed by atoms with Crippen molar-refractivity contribution in [1.29, 1.82) is 0 Å². The average molecular weight is 350 g/mol. The maximum atomic E-state index is 12.6. The zero-order chi connectivity index (χ0) is 18.8. The molecule has 5 heteroatoms. The van der Waals surface area contributed by atoms with Crippen molar-refractivity contribution in [2.75, 3.05) is 6.54 Å². The second-order valence-electron chi connectivity index (χ2n) is 6.98. The topological polar surface area (TPSA) is 66.5 Å². The van der Waals surface area contributed by atoms with E-state index in [-0.39, 0.29) is 29.7 Å². The molecule has 1 atom stereocenters. The van der Waals surface area contributed by atoms with Crippen LogP contribution in [-0.4, -0.2) is 29.2 Å². The third kappa shape index (κ3) is 3.38. The van der Waals surface area contributed by atoms with Gasteiger partial charge in [-0.1, -0.05) is 44.2 Å². The van der Waals surface area contributed by atoms with Gasteiger partial charge >= 0.3 is 0 Å². The molecule has 0 unspecified atom stereocenters. The van der Waals surface area contributed by atoms with Crippen molar-refractivity contribution in [2.45, 2.75) is 26.8 Å². The summed E-state index contributed by atoms with van der Waals surface area (Å²) >= 11 is 0. The van der Waals surface area contributed by atoms with Crippen LogP contribution < -0.4 is 5.32 Å². The van der Waals surface area contributed by atoms with Gasteiger partial charge < -0.3 is 5.32 Å². The molecule has 3 amide bonds. The van der Waals surface area contributed by atoms with Crippen LogP contribution in [-0.2, 0) is 0 Å². The van der Waals surface area contributed by atoms with Crippen molar-refractivity contribution < 1.29 is 14.4 Å². The molecule has 134 valence electrons. The van der Waals surface area contributed by atoms with Crippen molar-refractivity contribution >= 4 is 17.7 Å². The van der Waals surface area contributed by atoms with E-state index in [9.17, 15) is 14.4 Å². The van der Waals surface area contributed by atoms with E-state index < -0.39 is 0 Å². The van der Waals surface area contributed by atoms with Gasteiger partial charge in [-0.15, -0.1) is 0 Å². The van der Waals surface area contributed by atoms with Crippen molar-refractivity contribution in [2.24, 2.45) is 5.92 Å². The molecule has 5 nitrogen and oxygen atoms in total. The van der Waals surface area contributed by atoms with Crippen LogP contribution in [0, 0.1) is 5.92 Å². The zero-order valence-electron chi connectivity index (χ0n) is 15.2. The summed E-state index contributed by atoms with van der Waals surface area (Å²) < 4.78 is 0. The Bertz CT molecular complexity index is 859. The van der Waals surface area contributed by atoms with E-state index in [0.717, 1.165) is 5.56 Å². The van der Waals surface area contributed by atoms with Crippen LogP contribution in [0.2, 0.25) is 0 Å². The number of nitrogens with one attached hydrogen (secondary N) is 1. The van der Waals surface area contributed by atoms with Gasteiger partial charge in [0.2, 0.25) is 0 Å². The fourth-order valence-corrected chi connectivity index (χ4v) is 3.07. The van der Waals surface area contributed by atoms with Gasteiger partial charge in [0, 0.05) is 12.1 Å². The number of nitrogens with zero attached hydrogens (tertiary/aromatic N) is 1. The minimum atomic E-state index is -0.329. The molecule has 1 heterocycles. The Morgan fingerprint density at radius 2 is 1.62 bits per heavy atom. The fourth-order valence-electron chi connectivity index (χ4n) is 3.07.